The summed E-state index contributed by atoms with van der Waals surface area (Å²) in [6.07, 6.45) is 7.16. The van der Waals surface area contributed by atoms with Gasteiger partial charge in [-0.25, -0.2) is 0 Å². The number of carbonyl (C=O) groups is 1. The van der Waals surface area contributed by atoms with Gasteiger partial charge in [0.15, 0.2) is 0 Å². The molecular weight excluding hydrogens is 360 g/mol. The molecule has 1 aliphatic heterocycles. The van der Waals surface area contributed by atoms with E-state index in [-0.39, 0.29) is 29.9 Å². The summed E-state index contributed by atoms with van der Waals surface area (Å²) < 4.78 is 10.6. The number of hydrogen-bond acceptors (Lipinski definition) is 6. The fraction of sp³-hybridized carbons (Fsp3) is 0.905. The molecule has 0 saturated carbocycles. The first-order valence-corrected chi connectivity index (χ1v) is 10.9. The zero-order chi connectivity index (χ0) is 20.8. The number of rotatable bonds is 14. The minimum atomic E-state index is -0.654. The number of methoxy groups -OCH3 is 1. The molecule has 1 rings (SSSR count). The molecule has 1 aliphatic rings. The van der Waals surface area contributed by atoms with Crippen molar-refractivity contribution in [3.8, 4) is 0 Å². The van der Waals surface area contributed by atoms with E-state index in [0.29, 0.717) is 19.1 Å². The Morgan fingerprint density at radius 1 is 1.18 bits per heavy atom. The number of aliphatic hydroxyl groups is 1. The van der Waals surface area contributed by atoms with Crippen LogP contribution in [0.3, 0.4) is 0 Å². The topological polar surface area (TPSA) is 91.2 Å². The highest BCUT2D eigenvalue weighted by Gasteiger charge is 2.33. The number of nitrogens with zero attached hydrogens (tertiary/aromatic N) is 2. The van der Waals surface area contributed by atoms with Gasteiger partial charge in [0.25, 0.3) is 0 Å². The molecule has 1 heterocycles. The maximum atomic E-state index is 12.3. The minimum absolute atomic E-state index is 0.0423. The van der Waals surface area contributed by atoms with Crippen molar-refractivity contribution in [3.63, 3.8) is 0 Å². The van der Waals surface area contributed by atoms with Crippen molar-refractivity contribution in [2.45, 2.75) is 77.7 Å². The Kier molecular flexibility index (Phi) is 12.3. The summed E-state index contributed by atoms with van der Waals surface area (Å²) in [5.41, 5.74) is 0. The second-order valence-electron chi connectivity index (χ2n) is 7.96. The first-order valence-electron chi connectivity index (χ1n) is 10.9. The van der Waals surface area contributed by atoms with Gasteiger partial charge in [0.2, 0.25) is 0 Å². The SMILES string of the molecule is CCCCC(CC)COCC(O)C[N+]1(/N=C(\[O-])CCC(=O)OC)CCCCC1. The van der Waals surface area contributed by atoms with Crippen LogP contribution < -0.4 is 5.11 Å². The lowest BCUT2D eigenvalue weighted by molar-refractivity contribution is -0.942. The zero-order valence-electron chi connectivity index (χ0n) is 18.0. The van der Waals surface area contributed by atoms with Crippen LogP contribution in [0.4, 0.5) is 0 Å². The molecule has 2 unspecified atom stereocenters. The van der Waals surface area contributed by atoms with E-state index in [9.17, 15) is 15.0 Å². The van der Waals surface area contributed by atoms with E-state index >= 15 is 0 Å². The standard InChI is InChI=1S/C21H40N2O5/c1-4-6-10-18(5-2)16-28-17-19(24)15-23(13-8-7-9-14-23)22-20(25)11-12-21(26)27-3/h18-19,24H,4-17H2,1-3H3. The first-order chi connectivity index (χ1) is 13.4. The third kappa shape index (κ3) is 9.85. The average molecular weight is 401 g/mol. The molecule has 1 saturated heterocycles. The lowest BCUT2D eigenvalue weighted by Crippen LogP contribution is -2.53. The number of esters is 1. The summed E-state index contributed by atoms with van der Waals surface area (Å²) >= 11 is 0. The number of quaternary nitrogens is 1. The number of piperidine rings is 1. The predicted octanol–water partition coefficient (Wildman–Crippen LogP) is 2.21. The van der Waals surface area contributed by atoms with E-state index in [1.54, 1.807) is 0 Å². The Morgan fingerprint density at radius 3 is 2.50 bits per heavy atom. The summed E-state index contributed by atoms with van der Waals surface area (Å²) in [5, 5.41) is 27.2. The van der Waals surface area contributed by atoms with Crippen LogP contribution in [0.15, 0.2) is 5.10 Å². The Labute approximate surface area is 170 Å². The van der Waals surface area contributed by atoms with Gasteiger partial charge in [-0.2, -0.15) is 4.59 Å². The molecule has 1 N–H and O–H groups in total. The van der Waals surface area contributed by atoms with Crippen LogP contribution in [0.25, 0.3) is 0 Å². The number of aliphatic hydroxyl groups excluding tert-OH is 1. The maximum absolute atomic E-state index is 12.3. The smallest absolute Gasteiger partial charge is 0.305 e. The third-order valence-corrected chi connectivity index (χ3v) is 5.50. The largest absolute Gasteiger partial charge is 0.858 e. The van der Waals surface area contributed by atoms with Crippen LogP contribution in [-0.2, 0) is 14.3 Å². The Hall–Kier alpha value is -1.18. The zero-order valence-corrected chi connectivity index (χ0v) is 18.0. The van der Waals surface area contributed by atoms with Gasteiger partial charge in [-0.15, -0.1) is 5.10 Å². The van der Waals surface area contributed by atoms with Crippen LogP contribution >= 0.6 is 0 Å². The van der Waals surface area contributed by atoms with E-state index < -0.39 is 12.1 Å². The Balaban J connectivity index is 2.56. The molecule has 1 fully saturated rings. The van der Waals surface area contributed by atoms with Crippen molar-refractivity contribution in [1.29, 1.82) is 0 Å². The van der Waals surface area contributed by atoms with Crippen LogP contribution in [0.1, 0.15) is 71.6 Å². The summed E-state index contributed by atoms with van der Waals surface area (Å²) in [6.45, 7) is 7.18. The molecular formula is C21H40N2O5. The summed E-state index contributed by atoms with van der Waals surface area (Å²) in [6, 6.07) is 0. The summed E-state index contributed by atoms with van der Waals surface area (Å²) in [4.78, 5) is 11.3. The monoisotopic (exact) mass is 400 g/mol. The molecule has 28 heavy (non-hydrogen) atoms. The molecule has 7 nitrogen and oxygen atoms in total. The van der Waals surface area contributed by atoms with Crippen molar-refractivity contribution < 1.29 is 29.1 Å². The van der Waals surface area contributed by atoms with Gasteiger partial charge in [-0.3, -0.25) is 4.79 Å². The molecule has 0 aliphatic carbocycles. The van der Waals surface area contributed by atoms with E-state index in [1.165, 1.54) is 20.0 Å². The molecule has 0 amide bonds. The third-order valence-electron chi connectivity index (χ3n) is 5.50. The molecule has 0 aromatic carbocycles. The molecule has 0 aromatic heterocycles. The van der Waals surface area contributed by atoms with Gasteiger partial charge in [0, 0.05) is 12.5 Å². The second kappa shape index (κ2) is 13.9. The molecule has 164 valence electrons. The first kappa shape index (κ1) is 24.9. The van der Waals surface area contributed by atoms with Crippen molar-refractivity contribution in [2.24, 2.45) is 11.0 Å². The minimum Gasteiger partial charge on any atom is -0.858 e. The normalized spacial score (nSPS) is 19.2. The summed E-state index contributed by atoms with van der Waals surface area (Å²) in [5.74, 6) is -0.170. The van der Waals surface area contributed by atoms with Crippen molar-refractivity contribution in [3.05, 3.63) is 0 Å². The van der Waals surface area contributed by atoms with E-state index in [2.05, 4.69) is 23.7 Å². The van der Waals surface area contributed by atoms with Crippen LogP contribution in [-0.4, -0.2) is 67.6 Å². The highest BCUT2D eigenvalue weighted by molar-refractivity contribution is 5.78. The second-order valence-corrected chi connectivity index (χ2v) is 7.96. The van der Waals surface area contributed by atoms with Crippen molar-refractivity contribution in [1.82, 2.24) is 0 Å². The number of hydrogen-bond donors (Lipinski definition) is 1. The van der Waals surface area contributed by atoms with Gasteiger partial charge in [0.05, 0.1) is 20.1 Å². The Bertz CT molecular complexity index is 464. The lowest BCUT2D eigenvalue weighted by atomic mass is 10.0. The summed E-state index contributed by atoms with van der Waals surface area (Å²) in [7, 11) is 1.31. The Morgan fingerprint density at radius 2 is 1.89 bits per heavy atom. The number of carbonyl (C=O) groups excluding carboxylic acids is 1. The maximum Gasteiger partial charge on any atom is 0.305 e. The molecule has 0 bridgehead atoms. The highest BCUT2D eigenvalue weighted by Crippen LogP contribution is 2.21. The van der Waals surface area contributed by atoms with Crippen LogP contribution in [0, 0.1) is 5.92 Å². The van der Waals surface area contributed by atoms with Gasteiger partial charge < -0.3 is 19.7 Å². The van der Waals surface area contributed by atoms with Gasteiger partial charge in [-0.05, 0) is 38.0 Å². The number of unbranched alkanes of at least 4 members (excludes halogenated alkanes) is 1. The number of likely N-dealkylation sites (tertiary alicyclic amines) is 1. The average Bonchev–Trinajstić information content (AvgIpc) is 2.69. The number of ether oxygens (including phenoxy) is 2. The van der Waals surface area contributed by atoms with Crippen molar-refractivity contribution in [2.75, 3.05) is 40.0 Å². The molecule has 2 atom stereocenters. The van der Waals surface area contributed by atoms with Gasteiger partial charge in [-0.1, -0.05) is 33.1 Å². The lowest BCUT2D eigenvalue weighted by Gasteiger charge is -2.38. The van der Waals surface area contributed by atoms with Gasteiger partial charge >= 0.3 is 5.97 Å². The van der Waals surface area contributed by atoms with Crippen LogP contribution in [0.5, 0.6) is 0 Å². The fourth-order valence-corrected chi connectivity index (χ4v) is 3.74. The molecule has 0 radical (unpaired) electrons. The van der Waals surface area contributed by atoms with Crippen LogP contribution in [0.2, 0.25) is 0 Å². The van der Waals surface area contributed by atoms with Gasteiger partial charge in [0.1, 0.15) is 25.7 Å². The predicted molar refractivity (Wildman–Crippen MR) is 108 cm³/mol. The highest BCUT2D eigenvalue weighted by atomic mass is 16.5. The molecule has 0 spiro atoms. The quantitative estimate of drug-likeness (QED) is 0.209. The molecule has 0 aromatic rings. The molecule has 7 heteroatoms. The van der Waals surface area contributed by atoms with E-state index in [0.717, 1.165) is 45.2 Å². The van der Waals surface area contributed by atoms with Crippen molar-refractivity contribution >= 4 is 11.9 Å². The van der Waals surface area contributed by atoms with E-state index in [1.807, 2.05) is 0 Å². The van der Waals surface area contributed by atoms with E-state index in [4.69, 9.17) is 4.74 Å². The fourth-order valence-electron chi connectivity index (χ4n) is 3.74.